The first-order valence-corrected chi connectivity index (χ1v) is 7.53. The van der Waals surface area contributed by atoms with E-state index in [1.807, 2.05) is 45.9 Å². The van der Waals surface area contributed by atoms with Crippen molar-refractivity contribution >= 4 is 17.5 Å². The zero-order chi connectivity index (χ0) is 17.0. The highest BCUT2D eigenvalue weighted by Crippen LogP contribution is 2.18. The van der Waals surface area contributed by atoms with Crippen LogP contribution < -0.4 is 10.6 Å². The number of carbonyl (C=O) groups is 2. The largest absolute Gasteiger partial charge is 0.350 e. The number of benzene rings is 1. The molecule has 5 nitrogen and oxygen atoms in total. The van der Waals surface area contributed by atoms with Crippen molar-refractivity contribution in [2.45, 2.75) is 33.7 Å². The molecule has 2 rings (SSSR count). The Kier molecular flexibility index (Phi) is 5.11. The molecule has 0 fully saturated rings. The van der Waals surface area contributed by atoms with E-state index in [0.717, 1.165) is 16.8 Å². The number of carbonyl (C=O) groups excluding carboxylic acids is 2. The molecule has 0 aliphatic carbocycles. The Bertz CT molecular complexity index is 739. The smallest absolute Gasteiger partial charge is 0.274 e. The monoisotopic (exact) mass is 311 g/mol. The van der Waals surface area contributed by atoms with Gasteiger partial charge in [0.05, 0.1) is 0 Å². The molecule has 0 aliphatic heterocycles. The Balaban J connectivity index is 2.20. The molecule has 0 unspecified atom stereocenters. The second-order valence-electron chi connectivity index (χ2n) is 5.76. The molecule has 0 spiro atoms. The molecular weight excluding hydrogens is 290 g/mol. The third-order valence-electron chi connectivity index (χ3n) is 3.53. The maximum Gasteiger partial charge on any atom is 0.274 e. The highest BCUT2D eigenvalue weighted by molar-refractivity contribution is 6.05. The van der Waals surface area contributed by atoms with Crippen LogP contribution in [-0.4, -0.2) is 22.8 Å². The molecule has 0 bridgehead atoms. The molecule has 2 aromatic rings. The molecule has 1 aromatic carbocycles. The van der Waals surface area contributed by atoms with Crippen molar-refractivity contribution in [2.24, 2.45) is 0 Å². The lowest BCUT2D eigenvalue weighted by atomic mass is 10.1. The van der Waals surface area contributed by atoms with E-state index in [1.165, 1.54) is 12.3 Å². The van der Waals surface area contributed by atoms with Crippen molar-refractivity contribution in [3.63, 3.8) is 0 Å². The van der Waals surface area contributed by atoms with E-state index in [2.05, 4.69) is 15.6 Å². The van der Waals surface area contributed by atoms with Gasteiger partial charge in [-0.2, -0.15) is 0 Å². The normalized spacial score (nSPS) is 10.5. The second kappa shape index (κ2) is 7.05. The van der Waals surface area contributed by atoms with E-state index in [9.17, 15) is 9.59 Å². The van der Waals surface area contributed by atoms with Gasteiger partial charge in [0.1, 0.15) is 5.69 Å². The van der Waals surface area contributed by atoms with E-state index in [-0.39, 0.29) is 23.6 Å². The quantitative estimate of drug-likeness (QED) is 0.911. The highest BCUT2D eigenvalue weighted by Gasteiger charge is 2.13. The molecule has 120 valence electrons. The Morgan fingerprint density at radius 2 is 1.83 bits per heavy atom. The van der Waals surface area contributed by atoms with Gasteiger partial charge >= 0.3 is 0 Å². The number of rotatable bonds is 4. The number of nitrogens with one attached hydrogen (secondary N) is 2. The van der Waals surface area contributed by atoms with Crippen molar-refractivity contribution in [3.8, 4) is 0 Å². The van der Waals surface area contributed by atoms with Crippen LogP contribution in [0.15, 0.2) is 36.5 Å². The van der Waals surface area contributed by atoms with E-state index in [4.69, 9.17) is 0 Å². The number of hydrogen-bond donors (Lipinski definition) is 2. The Hall–Kier alpha value is -2.69. The van der Waals surface area contributed by atoms with Gasteiger partial charge in [0.25, 0.3) is 11.8 Å². The molecule has 0 atom stereocenters. The van der Waals surface area contributed by atoms with Crippen LogP contribution in [0.1, 0.15) is 45.8 Å². The lowest BCUT2D eigenvalue weighted by Gasteiger charge is -2.11. The number of aromatic nitrogens is 1. The average Bonchev–Trinajstić information content (AvgIpc) is 2.51. The van der Waals surface area contributed by atoms with Crippen LogP contribution in [0, 0.1) is 13.8 Å². The molecule has 0 aliphatic rings. The number of hydrogen-bond acceptors (Lipinski definition) is 3. The van der Waals surface area contributed by atoms with Gasteiger partial charge < -0.3 is 10.6 Å². The Labute approximate surface area is 136 Å². The van der Waals surface area contributed by atoms with Gasteiger partial charge in [0, 0.05) is 23.5 Å². The maximum atomic E-state index is 12.4. The van der Waals surface area contributed by atoms with Gasteiger partial charge in [0.15, 0.2) is 0 Å². The van der Waals surface area contributed by atoms with Gasteiger partial charge in [-0.15, -0.1) is 0 Å². The highest BCUT2D eigenvalue weighted by atomic mass is 16.2. The number of pyridine rings is 1. The molecule has 1 heterocycles. The average molecular weight is 311 g/mol. The summed E-state index contributed by atoms with van der Waals surface area (Å²) < 4.78 is 0. The van der Waals surface area contributed by atoms with Crippen molar-refractivity contribution in [3.05, 3.63) is 58.9 Å². The first-order valence-electron chi connectivity index (χ1n) is 7.53. The minimum Gasteiger partial charge on any atom is -0.350 e. The van der Waals surface area contributed by atoms with Gasteiger partial charge in [-0.3, -0.25) is 14.6 Å². The SMILES string of the molecule is Cc1cccc(NC(=O)c2cc(C(=O)NC(C)C)ccn2)c1C. The molecule has 0 saturated heterocycles. The third kappa shape index (κ3) is 4.16. The van der Waals surface area contributed by atoms with Crippen molar-refractivity contribution in [2.75, 3.05) is 5.32 Å². The van der Waals surface area contributed by atoms with Crippen molar-refractivity contribution in [1.82, 2.24) is 10.3 Å². The Morgan fingerprint density at radius 1 is 1.09 bits per heavy atom. The molecule has 1 aromatic heterocycles. The van der Waals surface area contributed by atoms with Crippen LogP contribution in [-0.2, 0) is 0 Å². The van der Waals surface area contributed by atoms with Crippen LogP contribution >= 0.6 is 0 Å². The van der Waals surface area contributed by atoms with Crippen LogP contribution in [0.5, 0.6) is 0 Å². The lowest BCUT2D eigenvalue weighted by Crippen LogP contribution is -2.30. The molecule has 2 N–H and O–H groups in total. The number of amides is 2. The fourth-order valence-corrected chi connectivity index (χ4v) is 2.11. The summed E-state index contributed by atoms with van der Waals surface area (Å²) in [5, 5.41) is 5.63. The molecular formula is C18H21N3O2. The first-order chi connectivity index (χ1) is 10.9. The van der Waals surface area contributed by atoms with E-state index in [1.54, 1.807) is 6.07 Å². The first kappa shape index (κ1) is 16.7. The Morgan fingerprint density at radius 3 is 2.52 bits per heavy atom. The molecule has 0 radical (unpaired) electrons. The number of nitrogens with zero attached hydrogens (tertiary/aromatic N) is 1. The van der Waals surface area contributed by atoms with Crippen molar-refractivity contribution in [1.29, 1.82) is 0 Å². The number of anilines is 1. The minimum atomic E-state index is -0.335. The zero-order valence-corrected chi connectivity index (χ0v) is 13.8. The molecule has 23 heavy (non-hydrogen) atoms. The summed E-state index contributed by atoms with van der Waals surface area (Å²) in [4.78, 5) is 28.4. The minimum absolute atomic E-state index is 0.0304. The fraction of sp³-hybridized carbons (Fsp3) is 0.278. The third-order valence-corrected chi connectivity index (χ3v) is 3.53. The van der Waals surface area contributed by atoms with Crippen LogP contribution in [0.2, 0.25) is 0 Å². The lowest BCUT2D eigenvalue weighted by molar-refractivity contribution is 0.0943. The van der Waals surface area contributed by atoms with E-state index < -0.39 is 0 Å². The molecule has 0 saturated carbocycles. The van der Waals surface area contributed by atoms with Gasteiger partial charge in [-0.05, 0) is 57.0 Å². The summed E-state index contributed by atoms with van der Waals surface area (Å²) in [6.07, 6.45) is 1.47. The summed E-state index contributed by atoms with van der Waals surface area (Å²) in [6, 6.07) is 8.83. The fourth-order valence-electron chi connectivity index (χ4n) is 2.11. The van der Waals surface area contributed by atoms with E-state index in [0.29, 0.717) is 5.56 Å². The van der Waals surface area contributed by atoms with Crippen molar-refractivity contribution < 1.29 is 9.59 Å². The topological polar surface area (TPSA) is 71.1 Å². The summed E-state index contributed by atoms with van der Waals surface area (Å²) in [7, 11) is 0. The van der Waals surface area contributed by atoms with E-state index >= 15 is 0 Å². The van der Waals surface area contributed by atoms with Crippen LogP contribution in [0.3, 0.4) is 0 Å². The predicted octanol–water partition coefficient (Wildman–Crippen LogP) is 3.09. The second-order valence-corrected chi connectivity index (χ2v) is 5.76. The zero-order valence-electron chi connectivity index (χ0n) is 13.8. The van der Waals surface area contributed by atoms with Gasteiger partial charge in [0.2, 0.25) is 0 Å². The molecule has 5 heteroatoms. The van der Waals surface area contributed by atoms with Gasteiger partial charge in [-0.1, -0.05) is 12.1 Å². The number of aryl methyl sites for hydroxylation is 1. The predicted molar refractivity (Wildman–Crippen MR) is 90.7 cm³/mol. The maximum absolute atomic E-state index is 12.4. The molecule has 2 amide bonds. The summed E-state index contributed by atoms with van der Waals surface area (Å²) >= 11 is 0. The summed E-state index contributed by atoms with van der Waals surface area (Å²) in [5.74, 6) is -0.555. The standard InChI is InChI=1S/C18H21N3O2/c1-11(2)20-17(22)14-8-9-19-16(10-14)18(23)21-15-7-5-6-12(3)13(15)4/h5-11H,1-4H3,(H,20,22)(H,21,23). The van der Waals surface area contributed by atoms with Crippen LogP contribution in [0.25, 0.3) is 0 Å². The summed E-state index contributed by atoms with van der Waals surface area (Å²) in [5.41, 5.74) is 3.48. The van der Waals surface area contributed by atoms with Gasteiger partial charge in [-0.25, -0.2) is 0 Å². The summed E-state index contributed by atoms with van der Waals surface area (Å²) in [6.45, 7) is 7.70. The van der Waals surface area contributed by atoms with Crippen LogP contribution in [0.4, 0.5) is 5.69 Å².